The lowest BCUT2D eigenvalue weighted by Crippen LogP contribution is -2.14. The summed E-state index contributed by atoms with van der Waals surface area (Å²) in [5.41, 5.74) is 3.18. The van der Waals surface area contributed by atoms with E-state index in [2.05, 4.69) is 36.9 Å². The molecule has 17 heavy (non-hydrogen) atoms. The summed E-state index contributed by atoms with van der Waals surface area (Å²) >= 11 is 0. The summed E-state index contributed by atoms with van der Waals surface area (Å²) < 4.78 is 1.93. The molecule has 0 aliphatic carbocycles. The van der Waals surface area contributed by atoms with Crippen LogP contribution in [0.5, 0.6) is 0 Å². The van der Waals surface area contributed by atoms with E-state index in [9.17, 15) is 0 Å². The Bertz CT molecular complexity index is 689. The Labute approximate surface area is 100 Å². The van der Waals surface area contributed by atoms with Crippen LogP contribution >= 0.6 is 0 Å². The van der Waals surface area contributed by atoms with Gasteiger partial charge in [-0.3, -0.25) is 4.98 Å². The Hall–Kier alpha value is -1.90. The van der Waals surface area contributed by atoms with Crippen molar-refractivity contribution in [2.24, 2.45) is 0 Å². The third kappa shape index (κ3) is 1.58. The highest BCUT2D eigenvalue weighted by Crippen LogP contribution is 2.23. The Balaban J connectivity index is 2.34. The predicted molar refractivity (Wildman–Crippen MR) is 69.2 cm³/mol. The summed E-state index contributed by atoms with van der Waals surface area (Å²) in [6, 6.07) is 8.14. The summed E-state index contributed by atoms with van der Waals surface area (Å²) in [5, 5.41) is 5.72. The molecule has 0 unspecified atom stereocenters. The number of fused-ring (bicyclic) bond motifs is 3. The van der Waals surface area contributed by atoms with Gasteiger partial charge in [0.1, 0.15) is 0 Å². The minimum atomic E-state index is 0.0479. The van der Waals surface area contributed by atoms with Gasteiger partial charge in [0.25, 0.3) is 0 Å². The summed E-state index contributed by atoms with van der Waals surface area (Å²) in [5.74, 6) is 0. The normalized spacial score (nSPS) is 12.4. The molecule has 2 heterocycles. The van der Waals surface area contributed by atoms with Crippen LogP contribution in [-0.4, -0.2) is 14.6 Å². The number of hydrogen-bond acceptors (Lipinski definition) is 2. The average molecular weight is 225 g/mol. The first-order valence-corrected chi connectivity index (χ1v) is 5.79. The Morgan fingerprint density at radius 1 is 1.12 bits per heavy atom. The largest absolute Gasteiger partial charge is 0.257 e. The summed E-state index contributed by atoms with van der Waals surface area (Å²) in [7, 11) is 0. The molecule has 3 heteroatoms. The molecule has 86 valence electrons. The molecule has 0 aliphatic rings. The van der Waals surface area contributed by atoms with Crippen molar-refractivity contribution in [2.75, 3.05) is 0 Å². The zero-order valence-corrected chi connectivity index (χ0v) is 10.3. The van der Waals surface area contributed by atoms with E-state index in [0.717, 1.165) is 22.1 Å². The lowest BCUT2D eigenvalue weighted by molar-refractivity contribution is 0.563. The van der Waals surface area contributed by atoms with Crippen molar-refractivity contribution in [3.8, 4) is 0 Å². The van der Waals surface area contributed by atoms with Crippen LogP contribution < -0.4 is 0 Å². The summed E-state index contributed by atoms with van der Waals surface area (Å²) in [6.45, 7) is 6.47. The number of hydrogen-bond donors (Lipinski definition) is 0. The SMILES string of the molecule is CC(C)(C)c1cn2nc3ccccc3c2cn1. The Morgan fingerprint density at radius 3 is 2.65 bits per heavy atom. The van der Waals surface area contributed by atoms with Crippen molar-refractivity contribution in [2.45, 2.75) is 26.2 Å². The van der Waals surface area contributed by atoms with Crippen LogP contribution in [0.3, 0.4) is 0 Å². The molecular formula is C14H15N3. The van der Waals surface area contributed by atoms with Crippen molar-refractivity contribution in [1.29, 1.82) is 0 Å². The second-order valence-corrected chi connectivity index (χ2v) is 5.37. The topological polar surface area (TPSA) is 30.2 Å². The van der Waals surface area contributed by atoms with Crippen molar-refractivity contribution in [3.63, 3.8) is 0 Å². The first-order chi connectivity index (χ1) is 8.05. The molecule has 0 fully saturated rings. The van der Waals surface area contributed by atoms with E-state index in [0.29, 0.717) is 0 Å². The first kappa shape index (κ1) is 10.3. The fraction of sp³-hybridized carbons (Fsp3) is 0.286. The highest BCUT2D eigenvalue weighted by molar-refractivity contribution is 5.93. The van der Waals surface area contributed by atoms with Crippen LogP contribution in [0, 0.1) is 0 Å². The molecule has 0 N–H and O–H groups in total. The van der Waals surface area contributed by atoms with Crippen molar-refractivity contribution in [3.05, 3.63) is 42.4 Å². The van der Waals surface area contributed by atoms with Crippen LogP contribution in [0.15, 0.2) is 36.7 Å². The maximum absolute atomic E-state index is 4.57. The fourth-order valence-corrected chi connectivity index (χ4v) is 1.97. The summed E-state index contributed by atoms with van der Waals surface area (Å²) in [6.07, 6.45) is 3.94. The van der Waals surface area contributed by atoms with E-state index in [-0.39, 0.29) is 5.41 Å². The second kappa shape index (κ2) is 3.29. The van der Waals surface area contributed by atoms with E-state index in [1.807, 2.05) is 35.1 Å². The van der Waals surface area contributed by atoms with Crippen molar-refractivity contribution >= 4 is 16.4 Å². The smallest absolute Gasteiger partial charge is 0.0934 e. The zero-order valence-electron chi connectivity index (χ0n) is 10.3. The molecule has 3 nitrogen and oxygen atoms in total. The third-order valence-electron chi connectivity index (χ3n) is 2.98. The molecule has 0 saturated carbocycles. The van der Waals surface area contributed by atoms with Gasteiger partial charge in [-0.2, -0.15) is 5.10 Å². The van der Waals surface area contributed by atoms with Gasteiger partial charge in [0.2, 0.25) is 0 Å². The first-order valence-electron chi connectivity index (χ1n) is 5.79. The third-order valence-corrected chi connectivity index (χ3v) is 2.98. The molecule has 0 radical (unpaired) electrons. The van der Waals surface area contributed by atoms with Crippen LogP contribution in [0.2, 0.25) is 0 Å². The van der Waals surface area contributed by atoms with E-state index in [4.69, 9.17) is 0 Å². The number of rotatable bonds is 0. The van der Waals surface area contributed by atoms with Gasteiger partial charge in [0.05, 0.1) is 29.1 Å². The fourth-order valence-electron chi connectivity index (χ4n) is 1.97. The van der Waals surface area contributed by atoms with E-state index in [1.54, 1.807) is 0 Å². The molecule has 3 rings (SSSR count). The van der Waals surface area contributed by atoms with Gasteiger partial charge in [-0.25, -0.2) is 4.52 Å². The minimum Gasteiger partial charge on any atom is -0.257 e. The van der Waals surface area contributed by atoms with Crippen LogP contribution in [0.4, 0.5) is 0 Å². The number of benzene rings is 1. The molecule has 2 aromatic heterocycles. The van der Waals surface area contributed by atoms with Gasteiger partial charge < -0.3 is 0 Å². The van der Waals surface area contributed by atoms with E-state index >= 15 is 0 Å². The van der Waals surface area contributed by atoms with Crippen LogP contribution in [0.1, 0.15) is 26.5 Å². The molecule has 3 aromatic rings. The lowest BCUT2D eigenvalue weighted by Gasteiger charge is -2.16. The van der Waals surface area contributed by atoms with E-state index < -0.39 is 0 Å². The molecule has 0 saturated heterocycles. The van der Waals surface area contributed by atoms with Gasteiger partial charge in [-0.05, 0) is 6.07 Å². The molecule has 0 bridgehead atoms. The standard InChI is InChI=1S/C14H15N3/c1-14(2,3)13-9-17-12(8-15-13)10-6-4-5-7-11(10)16-17/h4-9H,1-3H3. The monoisotopic (exact) mass is 225 g/mol. The molecule has 0 aliphatic heterocycles. The Morgan fingerprint density at radius 2 is 1.88 bits per heavy atom. The highest BCUT2D eigenvalue weighted by Gasteiger charge is 2.16. The van der Waals surface area contributed by atoms with Gasteiger partial charge in [0.15, 0.2) is 0 Å². The predicted octanol–water partition coefficient (Wildman–Crippen LogP) is 3.18. The van der Waals surface area contributed by atoms with Crippen LogP contribution in [-0.2, 0) is 5.41 Å². The molecule has 0 amide bonds. The second-order valence-electron chi connectivity index (χ2n) is 5.37. The van der Waals surface area contributed by atoms with Crippen molar-refractivity contribution < 1.29 is 0 Å². The maximum atomic E-state index is 4.57. The van der Waals surface area contributed by atoms with E-state index in [1.165, 1.54) is 0 Å². The van der Waals surface area contributed by atoms with Gasteiger partial charge in [0, 0.05) is 10.8 Å². The summed E-state index contributed by atoms with van der Waals surface area (Å²) in [4.78, 5) is 4.54. The zero-order chi connectivity index (χ0) is 12.0. The van der Waals surface area contributed by atoms with Gasteiger partial charge >= 0.3 is 0 Å². The number of aromatic nitrogens is 3. The molecule has 1 aromatic carbocycles. The molecule has 0 atom stereocenters. The molecular weight excluding hydrogens is 210 g/mol. The molecule has 0 spiro atoms. The highest BCUT2D eigenvalue weighted by atomic mass is 15.2. The lowest BCUT2D eigenvalue weighted by atomic mass is 9.93. The minimum absolute atomic E-state index is 0.0479. The Kier molecular flexibility index (Phi) is 1.99. The van der Waals surface area contributed by atoms with Crippen LogP contribution in [0.25, 0.3) is 16.4 Å². The van der Waals surface area contributed by atoms with Gasteiger partial charge in [-0.1, -0.05) is 39.0 Å². The average Bonchev–Trinajstić information content (AvgIpc) is 2.65. The maximum Gasteiger partial charge on any atom is 0.0934 e. The number of nitrogens with zero attached hydrogens (tertiary/aromatic N) is 3. The van der Waals surface area contributed by atoms with Gasteiger partial charge in [-0.15, -0.1) is 0 Å². The van der Waals surface area contributed by atoms with Crippen molar-refractivity contribution in [1.82, 2.24) is 14.6 Å². The quantitative estimate of drug-likeness (QED) is 0.588.